The van der Waals surface area contributed by atoms with Crippen molar-refractivity contribution in [3.63, 3.8) is 0 Å². The summed E-state index contributed by atoms with van der Waals surface area (Å²) in [4.78, 5) is 12.7. The van der Waals surface area contributed by atoms with E-state index in [0.29, 0.717) is 0 Å². The monoisotopic (exact) mass is 201 g/mol. The fraction of sp³-hybridized carbons (Fsp3) is 0.909. The molecule has 0 aliphatic rings. The second kappa shape index (κ2) is 7.80. The van der Waals surface area contributed by atoms with Crippen molar-refractivity contribution >= 4 is 5.97 Å². The van der Waals surface area contributed by atoms with Gasteiger partial charge in [0.05, 0.1) is 5.92 Å². The number of carbonyl (C=O) groups is 1. The lowest BCUT2D eigenvalue weighted by Crippen LogP contribution is -2.12. The molecule has 0 bridgehead atoms. The number of hydrogen-bond donors (Lipinski definition) is 1. The Hall–Kier alpha value is -0.570. The molecule has 0 aromatic heterocycles. The first-order valence-electron chi connectivity index (χ1n) is 5.41. The van der Waals surface area contributed by atoms with Crippen molar-refractivity contribution in [2.45, 2.75) is 39.0 Å². The number of aliphatic carboxylic acids is 1. The van der Waals surface area contributed by atoms with E-state index in [4.69, 9.17) is 5.11 Å². The third kappa shape index (κ3) is 8.05. The molecular weight excluding hydrogens is 178 g/mol. The third-order valence-electron chi connectivity index (χ3n) is 2.41. The zero-order chi connectivity index (χ0) is 11.0. The van der Waals surface area contributed by atoms with Crippen molar-refractivity contribution in [2.24, 2.45) is 5.92 Å². The highest BCUT2D eigenvalue weighted by Gasteiger charge is 2.09. The summed E-state index contributed by atoms with van der Waals surface area (Å²) in [6.45, 7) is 2.91. The largest absolute Gasteiger partial charge is 0.481 e. The van der Waals surface area contributed by atoms with Gasteiger partial charge in [0.1, 0.15) is 0 Å². The van der Waals surface area contributed by atoms with Gasteiger partial charge in [0.15, 0.2) is 0 Å². The van der Waals surface area contributed by atoms with Crippen LogP contribution in [0.3, 0.4) is 0 Å². The van der Waals surface area contributed by atoms with Crippen molar-refractivity contribution in [1.82, 2.24) is 4.90 Å². The molecule has 3 nitrogen and oxygen atoms in total. The van der Waals surface area contributed by atoms with Crippen molar-refractivity contribution in [1.29, 1.82) is 0 Å². The van der Waals surface area contributed by atoms with Crippen molar-refractivity contribution in [3.05, 3.63) is 0 Å². The molecular formula is C11H23NO2. The van der Waals surface area contributed by atoms with Gasteiger partial charge in [-0.15, -0.1) is 0 Å². The maximum atomic E-state index is 10.5. The Kier molecular flexibility index (Phi) is 7.48. The molecule has 1 N–H and O–H groups in total. The van der Waals surface area contributed by atoms with Crippen LogP contribution >= 0.6 is 0 Å². The third-order valence-corrected chi connectivity index (χ3v) is 2.41. The van der Waals surface area contributed by atoms with Gasteiger partial charge in [-0.3, -0.25) is 4.79 Å². The van der Waals surface area contributed by atoms with E-state index < -0.39 is 5.97 Å². The molecule has 0 rings (SSSR count). The maximum absolute atomic E-state index is 10.5. The van der Waals surface area contributed by atoms with E-state index >= 15 is 0 Å². The molecule has 0 aliphatic heterocycles. The highest BCUT2D eigenvalue weighted by Crippen LogP contribution is 2.10. The number of nitrogens with zero attached hydrogens (tertiary/aromatic N) is 1. The van der Waals surface area contributed by atoms with Crippen LogP contribution in [0.2, 0.25) is 0 Å². The highest BCUT2D eigenvalue weighted by molar-refractivity contribution is 5.69. The molecule has 84 valence electrons. The van der Waals surface area contributed by atoms with E-state index in [1.165, 1.54) is 12.8 Å². The molecule has 3 heteroatoms. The molecule has 14 heavy (non-hydrogen) atoms. The van der Waals surface area contributed by atoms with Crippen LogP contribution < -0.4 is 0 Å². The summed E-state index contributed by atoms with van der Waals surface area (Å²) in [7, 11) is 4.15. The molecule has 0 aromatic carbocycles. The minimum Gasteiger partial charge on any atom is -0.481 e. The van der Waals surface area contributed by atoms with Crippen molar-refractivity contribution in [2.75, 3.05) is 20.6 Å². The van der Waals surface area contributed by atoms with Gasteiger partial charge in [0, 0.05) is 0 Å². The van der Waals surface area contributed by atoms with Crippen LogP contribution in [0.25, 0.3) is 0 Å². The van der Waals surface area contributed by atoms with Gasteiger partial charge in [-0.25, -0.2) is 0 Å². The van der Waals surface area contributed by atoms with Crippen LogP contribution in [0.15, 0.2) is 0 Å². The number of carboxylic acids is 1. The first-order chi connectivity index (χ1) is 6.54. The lowest BCUT2D eigenvalue weighted by atomic mass is 10.0. The number of rotatable bonds is 8. The summed E-state index contributed by atoms with van der Waals surface area (Å²) >= 11 is 0. The van der Waals surface area contributed by atoms with Gasteiger partial charge in [-0.05, 0) is 33.5 Å². The summed E-state index contributed by atoms with van der Waals surface area (Å²) in [5.41, 5.74) is 0. The molecule has 0 heterocycles. The maximum Gasteiger partial charge on any atom is 0.306 e. The summed E-state index contributed by atoms with van der Waals surface area (Å²) in [6, 6.07) is 0. The smallest absolute Gasteiger partial charge is 0.306 e. The highest BCUT2D eigenvalue weighted by atomic mass is 16.4. The normalized spacial score (nSPS) is 13.1. The molecule has 0 spiro atoms. The molecule has 0 saturated carbocycles. The minimum atomic E-state index is -0.668. The Morgan fingerprint density at radius 1 is 1.21 bits per heavy atom. The Morgan fingerprint density at radius 3 is 2.29 bits per heavy atom. The van der Waals surface area contributed by atoms with Gasteiger partial charge >= 0.3 is 5.97 Å². The lowest BCUT2D eigenvalue weighted by molar-refractivity contribution is -0.141. The van der Waals surface area contributed by atoms with Crippen molar-refractivity contribution < 1.29 is 9.90 Å². The van der Waals surface area contributed by atoms with Gasteiger partial charge in [-0.2, -0.15) is 0 Å². The average Bonchev–Trinajstić information content (AvgIpc) is 2.09. The average molecular weight is 201 g/mol. The van der Waals surface area contributed by atoms with Crippen LogP contribution in [-0.4, -0.2) is 36.6 Å². The first-order valence-corrected chi connectivity index (χ1v) is 5.41. The molecule has 0 amide bonds. The lowest BCUT2D eigenvalue weighted by Gasteiger charge is -2.09. The Labute approximate surface area is 87.1 Å². The van der Waals surface area contributed by atoms with E-state index in [9.17, 15) is 4.79 Å². The number of hydrogen-bond acceptors (Lipinski definition) is 2. The second-order valence-electron chi connectivity index (χ2n) is 4.25. The SMILES string of the molecule is CC(CCCCCCN(C)C)C(=O)O. The molecule has 0 fully saturated rings. The zero-order valence-electron chi connectivity index (χ0n) is 9.62. The van der Waals surface area contributed by atoms with Gasteiger partial charge in [0.25, 0.3) is 0 Å². The van der Waals surface area contributed by atoms with Crippen LogP contribution in [0.5, 0.6) is 0 Å². The molecule has 0 aliphatic carbocycles. The standard InChI is InChI=1S/C11H23NO2/c1-10(11(13)14)8-6-4-5-7-9-12(2)3/h10H,4-9H2,1-3H3,(H,13,14). The molecule has 0 saturated heterocycles. The van der Waals surface area contributed by atoms with E-state index in [1.54, 1.807) is 6.92 Å². The van der Waals surface area contributed by atoms with Crippen LogP contribution in [0, 0.1) is 5.92 Å². The Morgan fingerprint density at radius 2 is 1.79 bits per heavy atom. The zero-order valence-corrected chi connectivity index (χ0v) is 9.62. The topological polar surface area (TPSA) is 40.5 Å². The molecule has 0 aromatic rings. The van der Waals surface area contributed by atoms with E-state index in [2.05, 4.69) is 19.0 Å². The van der Waals surface area contributed by atoms with Crippen molar-refractivity contribution in [3.8, 4) is 0 Å². The molecule has 0 radical (unpaired) electrons. The minimum absolute atomic E-state index is 0.177. The molecule has 1 unspecified atom stereocenters. The second-order valence-corrected chi connectivity index (χ2v) is 4.25. The van der Waals surface area contributed by atoms with Gasteiger partial charge < -0.3 is 10.0 Å². The Bertz CT molecular complexity index is 157. The first kappa shape index (κ1) is 13.4. The van der Waals surface area contributed by atoms with Crippen LogP contribution in [0.1, 0.15) is 39.0 Å². The molecule has 1 atom stereocenters. The van der Waals surface area contributed by atoms with Gasteiger partial charge in [0.2, 0.25) is 0 Å². The quantitative estimate of drug-likeness (QED) is 0.612. The summed E-state index contributed by atoms with van der Waals surface area (Å²) in [6.07, 6.45) is 5.45. The number of carboxylic acid groups (broad SMARTS) is 1. The fourth-order valence-corrected chi connectivity index (χ4v) is 1.36. The van der Waals surface area contributed by atoms with Gasteiger partial charge in [-0.1, -0.05) is 26.2 Å². The summed E-state index contributed by atoms with van der Waals surface area (Å²) in [5.74, 6) is -0.845. The summed E-state index contributed by atoms with van der Waals surface area (Å²) in [5, 5.41) is 8.65. The predicted molar refractivity (Wildman–Crippen MR) is 58.4 cm³/mol. The van der Waals surface area contributed by atoms with E-state index in [0.717, 1.165) is 25.8 Å². The van der Waals surface area contributed by atoms with E-state index in [1.807, 2.05) is 0 Å². The fourth-order valence-electron chi connectivity index (χ4n) is 1.36. The summed E-state index contributed by atoms with van der Waals surface area (Å²) < 4.78 is 0. The number of unbranched alkanes of at least 4 members (excludes halogenated alkanes) is 3. The Balaban J connectivity index is 3.17. The van der Waals surface area contributed by atoms with Crippen LogP contribution in [0.4, 0.5) is 0 Å². The van der Waals surface area contributed by atoms with Crippen LogP contribution in [-0.2, 0) is 4.79 Å². The van der Waals surface area contributed by atoms with E-state index in [-0.39, 0.29) is 5.92 Å². The predicted octanol–water partition coefficient (Wildman–Crippen LogP) is 2.22.